The van der Waals surface area contributed by atoms with Gasteiger partial charge in [-0.2, -0.15) is 4.98 Å². The lowest BCUT2D eigenvalue weighted by Crippen LogP contribution is -2.29. The normalized spacial score (nSPS) is 10.8. The Morgan fingerprint density at radius 3 is 2.67 bits per heavy atom. The highest BCUT2D eigenvalue weighted by molar-refractivity contribution is 5.67. The molecule has 6 heteroatoms. The molecule has 0 aliphatic heterocycles. The van der Waals surface area contributed by atoms with E-state index < -0.39 is 5.97 Å². The molecule has 0 saturated heterocycles. The van der Waals surface area contributed by atoms with E-state index >= 15 is 0 Å². The van der Waals surface area contributed by atoms with Gasteiger partial charge in [0.2, 0.25) is 0 Å². The summed E-state index contributed by atoms with van der Waals surface area (Å²) in [6.45, 7) is 7.27. The number of carboxylic acids is 1. The molecule has 0 bridgehead atoms. The van der Waals surface area contributed by atoms with Crippen LogP contribution in [0.1, 0.15) is 43.1 Å². The van der Waals surface area contributed by atoms with E-state index in [1.54, 1.807) is 11.5 Å². The molecule has 0 aliphatic carbocycles. The van der Waals surface area contributed by atoms with E-state index in [0.29, 0.717) is 31.9 Å². The maximum Gasteiger partial charge on any atom is 0.348 e. The van der Waals surface area contributed by atoms with Gasteiger partial charge in [0.1, 0.15) is 0 Å². The highest BCUT2D eigenvalue weighted by Gasteiger charge is 2.12. The van der Waals surface area contributed by atoms with Crippen molar-refractivity contribution >= 4 is 5.97 Å². The number of carboxylic acid groups (broad SMARTS) is 1. The first-order valence-electron chi connectivity index (χ1n) is 7.33. The van der Waals surface area contributed by atoms with E-state index in [-0.39, 0.29) is 12.1 Å². The summed E-state index contributed by atoms with van der Waals surface area (Å²) >= 11 is 0. The first-order valence-corrected chi connectivity index (χ1v) is 7.33. The van der Waals surface area contributed by atoms with Crippen LogP contribution < -0.4 is 5.69 Å². The number of ether oxygens (including phenoxy) is 1. The van der Waals surface area contributed by atoms with E-state index in [2.05, 4.69) is 11.9 Å². The quantitative estimate of drug-likeness (QED) is 0.701. The van der Waals surface area contributed by atoms with Crippen LogP contribution in [0, 0.1) is 13.8 Å². The molecule has 0 fully saturated rings. The van der Waals surface area contributed by atoms with Gasteiger partial charge in [-0.1, -0.05) is 13.3 Å². The molecule has 0 spiro atoms. The second-order valence-electron chi connectivity index (χ2n) is 5.06. The zero-order chi connectivity index (χ0) is 15.8. The predicted molar refractivity (Wildman–Crippen MR) is 79.7 cm³/mol. The Kier molecular flexibility index (Phi) is 7.08. The molecule has 1 aromatic rings. The van der Waals surface area contributed by atoms with E-state index in [1.165, 1.54) is 0 Å². The van der Waals surface area contributed by atoms with Crippen LogP contribution in [0.3, 0.4) is 0 Å². The minimum atomic E-state index is -0.852. The van der Waals surface area contributed by atoms with Gasteiger partial charge in [0.25, 0.3) is 0 Å². The monoisotopic (exact) mass is 296 g/mol. The third-order valence-corrected chi connectivity index (χ3v) is 3.46. The number of carbonyl (C=O) groups is 1. The zero-order valence-electron chi connectivity index (χ0n) is 13.0. The topological polar surface area (TPSA) is 81.4 Å². The zero-order valence-corrected chi connectivity index (χ0v) is 13.0. The largest absolute Gasteiger partial charge is 0.481 e. The second kappa shape index (κ2) is 8.56. The number of aryl methyl sites for hydroxylation is 1. The Balaban J connectivity index is 2.81. The number of rotatable bonds is 9. The number of aromatic nitrogens is 2. The van der Waals surface area contributed by atoms with E-state index in [9.17, 15) is 9.59 Å². The van der Waals surface area contributed by atoms with Crippen molar-refractivity contribution in [3.05, 3.63) is 27.4 Å². The van der Waals surface area contributed by atoms with Gasteiger partial charge in [-0.05, 0) is 32.3 Å². The third-order valence-electron chi connectivity index (χ3n) is 3.46. The van der Waals surface area contributed by atoms with Crippen LogP contribution in [0.25, 0.3) is 0 Å². The third kappa shape index (κ3) is 5.30. The summed E-state index contributed by atoms with van der Waals surface area (Å²) in [4.78, 5) is 26.6. The first-order chi connectivity index (χ1) is 9.97. The van der Waals surface area contributed by atoms with Gasteiger partial charge in [-0.25, -0.2) is 4.79 Å². The lowest BCUT2D eigenvalue weighted by molar-refractivity contribution is -0.136. The van der Waals surface area contributed by atoms with Gasteiger partial charge >= 0.3 is 11.7 Å². The van der Waals surface area contributed by atoms with E-state index in [0.717, 1.165) is 24.1 Å². The molecule has 118 valence electrons. The minimum absolute atomic E-state index is 0.0363. The summed E-state index contributed by atoms with van der Waals surface area (Å²) in [6.07, 6.45) is 2.50. The second-order valence-corrected chi connectivity index (χ2v) is 5.06. The fourth-order valence-electron chi connectivity index (χ4n) is 2.20. The van der Waals surface area contributed by atoms with E-state index in [4.69, 9.17) is 9.84 Å². The molecule has 6 nitrogen and oxygen atoms in total. The van der Waals surface area contributed by atoms with Crippen molar-refractivity contribution in [2.24, 2.45) is 0 Å². The molecule has 21 heavy (non-hydrogen) atoms. The number of hydrogen-bond donors (Lipinski definition) is 1. The molecule has 0 radical (unpaired) electrons. The van der Waals surface area contributed by atoms with Crippen molar-refractivity contribution in [3.63, 3.8) is 0 Å². The molecule has 0 amide bonds. The molecular weight excluding hydrogens is 272 g/mol. The molecular formula is C15H24N2O4. The summed E-state index contributed by atoms with van der Waals surface area (Å²) in [5.41, 5.74) is 1.93. The summed E-state index contributed by atoms with van der Waals surface area (Å²) in [6, 6.07) is 0. The van der Waals surface area contributed by atoms with Crippen molar-refractivity contribution in [1.82, 2.24) is 9.55 Å². The Morgan fingerprint density at radius 1 is 1.33 bits per heavy atom. The average molecular weight is 296 g/mol. The number of aliphatic carboxylic acids is 1. The van der Waals surface area contributed by atoms with Crippen molar-refractivity contribution < 1.29 is 14.6 Å². The first kappa shape index (κ1) is 17.4. The van der Waals surface area contributed by atoms with Crippen LogP contribution in [0.2, 0.25) is 0 Å². The highest BCUT2D eigenvalue weighted by atomic mass is 16.5. The van der Waals surface area contributed by atoms with Gasteiger partial charge < -0.3 is 9.84 Å². The lowest BCUT2D eigenvalue weighted by Gasteiger charge is -2.15. The minimum Gasteiger partial charge on any atom is -0.481 e. The van der Waals surface area contributed by atoms with Crippen molar-refractivity contribution in [1.29, 1.82) is 0 Å². The van der Waals surface area contributed by atoms with Crippen LogP contribution in [0.15, 0.2) is 4.79 Å². The average Bonchev–Trinajstić information content (AvgIpc) is 2.41. The number of nitrogens with zero attached hydrogens (tertiary/aromatic N) is 2. The van der Waals surface area contributed by atoms with Crippen molar-refractivity contribution in [2.45, 2.75) is 53.0 Å². The van der Waals surface area contributed by atoms with Crippen molar-refractivity contribution in [3.8, 4) is 0 Å². The molecule has 0 atom stereocenters. The van der Waals surface area contributed by atoms with Crippen LogP contribution in [-0.4, -0.2) is 33.8 Å². The SMILES string of the molecule is CCCCOCCn1c(C)c(CCC(=O)O)c(C)nc1=O. The van der Waals surface area contributed by atoms with Gasteiger partial charge in [0, 0.05) is 24.4 Å². The van der Waals surface area contributed by atoms with Gasteiger partial charge in [-0.15, -0.1) is 0 Å². The Morgan fingerprint density at radius 2 is 2.05 bits per heavy atom. The standard InChI is InChI=1S/C15H24N2O4/c1-4-5-9-21-10-8-17-12(3)13(6-7-14(18)19)11(2)16-15(17)20/h4-10H2,1-3H3,(H,18,19). The fraction of sp³-hybridized carbons (Fsp3) is 0.667. The van der Waals surface area contributed by atoms with Gasteiger partial charge in [0.05, 0.1) is 13.2 Å². The molecule has 0 saturated carbocycles. The molecule has 0 aliphatic rings. The smallest absolute Gasteiger partial charge is 0.348 e. The Hall–Kier alpha value is -1.69. The lowest BCUT2D eigenvalue weighted by atomic mass is 10.1. The summed E-state index contributed by atoms with van der Waals surface area (Å²) in [7, 11) is 0. The van der Waals surface area contributed by atoms with Crippen LogP contribution in [0.5, 0.6) is 0 Å². The Labute approximate surface area is 124 Å². The number of unbranched alkanes of at least 4 members (excludes halogenated alkanes) is 1. The van der Waals surface area contributed by atoms with Gasteiger partial charge in [0.15, 0.2) is 0 Å². The van der Waals surface area contributed by atoms with Crippen LogP contribution >= 0.6 is 0 Å². The summed E-state index contributed by atoms with van der Waals surface area (Å²) < 4.78 is 7.04. The van der Waals surface area contributed by atoms with E-state index in [1.807, 2.05) is 6.92 Å². The highest BCUT2D eigenvalue weighted by Crippen LogP contribution is 2.12. The maximum atomic E-state index is 12.0. The Bertz CT molecular complexity index is 537. The predicted octanol–water partition coefficient (Wildman–Crippen LogP) is 1.69. The summed E-state index contributed by atoms with van der Waals surface area (Å²) in [5, 5.41) is 8.80. The fourth-order valence-corrected chi connectivity index (χ4v) is 2.20. The van der Waals surface area contributed by atoms with Gasteiger partial charge in [-0.3, -0.25) is 9.36 Å². The molecule has 0 unspecified atom stereocenters. The molecule has 1 rings (SSSR count). The van der Waals surface area contributed by atoms with Crippen LogP contribution in [0.4, 0.5) is 0 Å². The molecule has 1 aromatic heterocycles. The number of hydrogen-bond acceptors (Lipinski definition) is 4. The molecule has 1 N–H and O–H groups in total. The molecule has 1 heterocycles. The van der Waals surface area contributed by atoms with Crippen LogP contribution in [-0.2, 0) is 22.5 Å². The van der Waals surface area contributed by atoms with Crippen molar-refractivity contribution in [2.75, 3.05) is 13.2 Å². The molecule has 0 aromatic carbocycles. The summed E-state index contributed by atoms with van der Waals surface area (Å²) in [5.74, 6) is -0.852. The maximum absolute atomic E-state index is 12.0.